The topological polar surface area (TPSA) is 69.7 Å². The lowest BCUT2D eigenvalue weighted by Crippen LogP contribution is -2.41. The van der Waals surface area contributed by atoms with Crippen LogP contribution in [0.1, 0.15) is 6.42 Å². The van der Waals surface area contributed by atoms with Crippen LogP contribution in [0.25, 0.3) is 0 Å². The van der Waals surface area contributed by atoms with Crippen molar-refractivity contribution < 1.29 is 13.2 Å². The molecule has 1 N–H and O–H groups in total. The van der Waals surface area contributed by atoms with E-state index in [0.29, 0.717) is 26.1 Å². The summed E-state index contributed by atoms with van der Waals surface area (Å²) in [6.45, 7) is 2.81. The smallest absolute Gasteiger partial charge is 0.320 e. The summed E-state index contributed by atoms with van der Waals surface area (Å²) in [7, 11) is -1.07. The fourth-order valence-electron chi connectivity index (χ4n) is 2.42. The molecule has 0 aromatic carbocycles. The van der Waals surface area contributed by atoms with Crippen LogP contribution in [0, 0.1) is 0 Å². The molecule has 7 heteroatoms. The maximum Gasteiger partial charge on any atom is 0.320 e. The Bertz CT molecular complexity index is 396. The molecule has 0 aliphatic carbocycles. The molecule has 6 nitrogen and oxygen atoms in total. The van der Waals surface area contributed by atoms with Crippen molar-refractivity contribution in [3.8, 4) is 0 Å². The molecule has 0 spiro atoms. The predicted molar refractivity (Wildman–Crippen MR) is 64.7 cm³/mol. The van der Waals surface area contributed by atoms with Crippen LogP contribution in [-0.2, 0) is 9.84 Å². The third-order valence-corrected chi connectivity index (χ3v) is 5.16. The van der Waals surface area contributed by atoms with E-state index in [2.05, 4.69) is 5.32 Å². The number of nitrogens with one attached hydrogen (secondary N) is 1. The molecule has 0 saturated carbocycles. The average molecular weight is 261 g/mol. The lowest BCUT2D eigenvalue weighted by atomic mass is 10.2. The van der Waals surface area contributed by atoms with Gasteiger partial charge in [0.2, 0.25) is 0 Å². The van der Waals surface area contributed by atoms with Crippen molar-refractivity contribution in [2.75, 3.05) is 44.7 Å². The van der Waals surface area contributed by atoms with Gasteiger partial charge in [-0.15, -0.1) is 0 Å². The monoisotopic (exact) mass is 261 g/mol. The van der Waals surface area contributed by atoms with Gasteiger partial charge in [0.05, 0.1) is 11.5 Å². The Hall–Kier alpha value is -0.820. The maximum absolute atomic E-state index is 12.0. The summed E-state index contributed by atoms with van der Waals surface area (Å²) in [6.07, 6.45) is 0.591. The second kappa shape index (κ2) is 4.81. The Morgan fingerprint density at radius 1 is 1.41 bits per heavy atom. The quantitative estimate of drug-likeness (QED) is 0.714. The Kier molecular flexibility index (Phi) is 3.58. The maximum atomic E-state index is 12.0. The molecule has 2 rings (SSSR count). The van der Waals surface area contributed by atoms with E-state index in [9.17, 15) is 13.2 Å². The zero-order valence-electron chi connectivity index (χ0n) is 10.1. The fraction of sp³-hybridized carbons (Fsp3) is 0.900. The number of carbonyl (C=O) groups excluding carboxylic acids is 1. The zero-order chi connectivity index (χ0) is 12.5. The van der Waals surface area contributed by atoms with Crippen LogP contribution in [-0.4, -0.2) is 75.0 Å². The predicted octanol–water partition coefficient (Wildman–Crippen LogP) is -0.869. The third kappa shape index (κ3) is 2.71. The van der Waals surface area contributed by atoms with Crippen LogP contribution in [0.15, 0.2) is 0 Å². The second-order valence-electron chi connectivity index (χ2n) is 4.62. The molecule has 2 heterocycles. The first-order valence-corrected chi connectivity index (χ1v) is 7.76. The van der Waals surface area contributed by atoms with Crippen LogP contribution in [0.4, 0.5) is 4.79 Å². The molecule has 1 atom stereocenters. The second-order valence-corrected chi connectivity index (χ2v) is 6.85. The van der Waals surface area contributed by atoms with Gasteiger partial charge in [0.25, 0.3) is 0 Å². The molecular formula is C10H19N3O3S. The van der Waals surface area contributed by atoms with E-state index in [1.54, 1.807) is 9.80 Å². The van der Waals surface area contributed by atoms with Gasteiger partial charge in [-0.3, -0.25) is 0 Å². The summed E-state index contributed by atoms with van der Waals surface area (Å²) in [5, 5.41) is 3.00. The number of sulfone groups is 1. The zero-order valence-corrected chi connectivity index (χ0v) is 10.9. The Morgan fingerprint density at radius 3 is 2.76 bits per heavy atom. The number of likely N-dealkylation sites (N-methyl/N-ethyl adjacent to an activating group) is 1. The molecule has 0 aromatic heterocycles. The Morgan fingerprint density at radius 2 is 2.18 bits per heavy atom. The average Bonchev–Trinajstić information content (AvgIpc) is 2.79. The minimum Gasteiger partial charge on any atom is -0.322 e. The summed E-state index contributed by atoms with van der Waals surface area (Å²) in [4.78, 5) is 15.5. The number of hydrogen-bond donors (Lipinski definition) is 1. The Labute approximate surface area is 102 Å². The lowest BCUT2D eigenvalue weighted by molar-refractivity contribution is 0.181. The molecule has 2 fully saturated rings. The van der Waals surface area contributed by atoms with E-state index in [1.807, 2.05) is 7.05 Å². The number of urea groups is 1. The van der Waals surface area contributed by atoms with Gasteiger partial charge in [-0.25, -0.2) is 13.2 Å². The number of nitrogens with zero attached hydrogens (tertiary/aromatic N) is 2. The van der Waals surface area contributed by atoms with Gasteiger partial charge in [0.1, 0.15) is 0 Å². The lowest BCUT2D eigenvalue weighted by Gasteiger charge is -2.23. The van der Waals surface area contributed by atoms with Gasteiger partial charge in [-0.2, -0.15) is 0 Å². The fourth-order valence-corrected chi connectivity index (χ4v) is 4.15. The van der Waals surface area contributed by atoms with Crippen molar-refractivity contribution >= 4 is 15.9 Å². The molecule has 0 radical (unpaired) electrons. The summed E-state index contributed by atoms with van der Waals surface area (Å²) in [6, 6.07) is -0.116. The van der Waals surface area contributed by atoms with Crippen molar-refractivity contribution in [3.05, 3.63) is 0 Å². The molecule has 17 heavy (non-hydrogen) atoms. The summed E-state index contributed by atoms with van der Waals surface area (Å²) in [5.74, 6) is 0.358. The highest BCUT2D eigenvalue weighted by atomic mass is 32.2. The van der Waals surface area contributed by atoms with Gasteiger partial charge in [0.15, 0.2) is 9.84 Å². The van der Waals surface area contributed by atoms with E-state index in [4.69, 9.17) is 0 Å². The van der Waals surface area contributed by atoms with Crippen molar-refractivity contribution in [2.45, 2.75) is 12.5 Å². The van der Waals surface area contributed by atoms with Crippen molar-refractivity contribution in [1.82, 2.24) is 15.1 Å². The molecule has 2 saturated heterocycles. The van der Waals surface area contributed by atoms with Crippen LogP contribution in [0.2, 0.25) is 0 Å². The van der Waals surface area contributed by atoms with Gasteiger partial charge < -0.3 is 15.1 Å². The molecule has 2 aliphatic rings. The molecule has 98 valence electrons. The van der Waals surface area contributed by atoms with Gasteiger partial charge in [-0.05, 0) is 13.5 Å². The number of amides is 2. The number of carbonyl (C=O) groups is 1. The first-order valence-electron chi connectivity index (χ1n) is 5.94. The van der Waals surface area contributed by atoms with Crippen molar-refractivity contribution in [1.29, 1.82) is 0 Å². The Balaban J connectivity index is 1.94. The minimum atomic E-state index is -2.92. The highest BCUT2D eigenvalue weighted by Crippen LogP contribution is 2.21. The van der Waals surface area contributed by atoms with E-state index in [0.717, 1.165) is 6.54 Å². The van der Waals surface area contributed by atoms with Crippen LogP contribution in [0.5, 0.6) is 0 Å². The molecule has 1 unspecified atom stereocenters. The first-order chi connectivity index (χ1) is 8.03. The molecule has 0 aromatic rings. The number of rotatable bonds is 4. The largest absolute Gasteiger partial charge is 0.322 e. The summed E-state index contributed by atoms with van der Waals surface area (Å²) < 4.78 is 22.8. The van der Waals surface area contributed by atoms with E-state index >= 15 is 0 Å². The highest BCUT2D eigenvalue weighted by molar-refractivity contribution is 7.91. The molecule has 2 aliphatic heterocycles. The highest BCUT2D eigenvalue weighted by Gasteiger charge is 2.39. The van der Waals surface area contributed by atoms with E-state index in [1.165, 1.54) is 0 Å². The van der Waals surface area contributed by atoms with Gasteiger partial charge >= 0.3 is 6.03 Å². The van der Waals surface area contributed by atoms with Crippen LogP contribution >= 0.6 is 0 Å². The van der Waals surface area contributed by atoms with Crippen molar-refractivity contribution in [2.24, 2.45) is 0 Å². The summed E-state index contributed by atoms with van der Waals surface area (Å²) in [5.41, 5.74) is 0. The molecule has 2 amide bonds. The summed E-state index contributed by atoms with van der Waals surface area (Å²) >= 11 is 0. The first kappa shape index (κ1) is 12.6. The van der Waals surface area contributed by atoms with Gasteiger partial charge in [-0.1, -0.05) is 0 Å². The van der Waals surface area contributed by atoms with Crippen molar-refractivity contribution in [3.63, 3.8) is 0 Å². The standard InChI is InChI=1S/C10H19N3O3S/c1-11-3-4-12-5-6-13(10(12)14)9-2-7-17(15,16)8-9/h9,11H,2-8H2,1H3. The third-order valence-electron chi connectivity index (χ3n) is 3.41. The van der Waals surface area contributed by atoms with Crippen LogP contribution < -0.4 is 5.32 Å². The molecule has 0 bridgehead atoms. The number of hydrogen-bond acceptors (Lipinski definition) is 4. The normalized spacial score (nSPS) is 28.1. The van der Waals surface area contributed by atoms with Crippen LogP contribution in [0.3, 0.4) is 0 Å². The van der Waals surface area contributed by atoms with E-state index in [-0.39, 0.29) is 23.6 Å². The SMILES string of the molecule is CNCCN1CCN(C2CCS(=O)(=O)C2)C1=O. The molecular weight excluding hydrogens is 242 g/mol. The van der Waals surface area contributed by atoms with E-state index < -0.39 is 9.84 Å². The minimum absolute atomic E-state index is 0.0117. The van der Waals surface area contributed by atoms with Gasteiger partial charge in [0, 0.05) is 32.2 Å².